The lowest BCUT2D eigenvalue weighted by atomic mass is 9.81. The van der Waals surface area contributed by atoms with Crippen molar-refractivity contribution in [2.45, 2.75) is 63.5 Å². The van der Waals surface area contributed by atoms with Gasteiger partial charge in [-0.15, -0.1) is 0 Å². The summed E-state index contributed by atoms with van der Waals surface area (Å²) in [6.07, 6.45) is 2.37. The van der Waals surface area contributed by atoms with Gasteiger partial charge in [-0.25, -0.2) is 13.2 Å². The van der Waals surface area contributed by atoms with E-state index in [4.69, 9.17) is 9.47 Å². The summed E-state index contributed by atoms with van der Waals surface area (Å²) >= 11 is 3.57. The maximum Gasteiger partial charge on any atom is 0.333 e. The summed E-state index contributed by atoms with van der Waals surface area (Å²) in [4.78, 5) is 27.9. The zero-order chi connectivity index (χ0) is 31.2. The number of methoxy groups -OCH3 is 1. The van der Waals surface area contributed by atoms with Crippen LogP contribution in [0, 0.1) is 5.41 Å². The quantitative estimate of drug-likeness (QED) is 0.225. The molecule has 3 atom stereocenters. The first kappa shape index (κ1) is 32.5. The number of unbranched alkanes of at least 4 members (excludes halogenated alkanes) is 1. The van der Waals surface area contributed by atoms with E-state index >= 15 is 0 Å². The molecule has 230 valence electrons. The Morgan fingerprint density at radius 1 is 1.05 bits per heavy atom. The molecule has 1 aliphatic heterocycles. The van der Waals surface area contributed by atoms with E-state index in [-0.39, 0.29) is 16.4 Å². The van der Waals surface area contributed by atoms with Crippen LogP contribution in [0.2, 0.25) is 0 Å². The average Bonchev–Trinajstić information content (AvgIpc) is 3.11. The van der Waals surface area contributed by atoms with Crippen LogP contribution in [0.15, 0.2) is 82.2 Å². The molecule has 0 saturated heterocycles. The van der Waals surface area contributed by atoms with Crippen LogP contribution in [0.3, 0.4) is 0 Å². The second kappa shape index (κ2) is 13.9. The number of sulfone groups is 1. The molecule has 10 heteroatoms. The SMILES string of the molecule is CCCCC1(CC)CN(c2ccccc2)c2cc(Br)c(OC(C)C(=O)N[C@@H](C(=O)OC)c3ccccc3)cc2S(=O)(=O)C1. The number of anilines is 2. The highest BCUT2D eigenvalue weighted by molar-refractivity contribution is 9.10. The molecule has 3 aromatic rings. The predicted octanol–water partition coefficient (Wildman–Crippen LogP) is 6.76. The summed E-state index contributed by atoms with van der Waals surface area (Å²) in [5.41, 5.74) is 1.59. The normalized spacial score (nSPS) is 19.0. The Labute approximate surface area is 262 Å². The molecule has 0 aliphatic carbocycles. The van der Waals surface area contributed by atoms with E-state index in [9.17, 15) is 18.0 Å². The highest BCUT2D eigenvalue weighted by Gasteiger charge is 2.42. The summed E-state index contributed by atoms with van der Waals surface area (Å²) < 4.78 is 39.6. The third kappa shape index (κ3) is 7.41. The van der Waals surface area contributed by atoms with E-state index in [1.807, 2.05) is 36.4 Å². The Morgan fingerprint density at radius 3 is 2.30 bits per heavy atom. The minimum Gasteiger partial charge on any atom is -0.480 e. The van der Waals surface area contributed by atoms with Crippen molar-refractivity contribution in [2.75, 3.05) is 24.3 Å². The number of amides is 1. The molecule has 0 aromatic heterocycles. The molecule has 8 nitrogen and oxygen atoms in total. The van der Waals surface area contributed by atoms with Gasteiger partial charge in [-0.2, -0.15) is 0 Å². The maximum absolute atomic E-state index is 14.1. The average molecular weight is 672 g/mol. The molecule has 0 radical (unpaired) electrons. The van der Waals surface area contributed by atoms with Crippen molar-refractivity contribution in [1.29, 1.82) is 0 Å². The van der Waals surface area contributed by atoms with E-state index < -0.39 is 39.3 Å². The third-order valence-electron chi connectivity index (χ3n) is 8.04. The lowest BCUT2D eigenvalue weighted by Crippen LogP contribution is -2.41. The van der Waals surface area contributed by atoms with Gasteiger partial charge in [-0.05, 0) is 59.5 Å². The Morgan fingerprint density at radius 2 is 1.70 bits per heavy atom. The Bertz CT molecular complexity index is 1530. The van der Waals surface area contributed by atoms with Gasteiger partial charge in [0, 0.05) is 23.7 Å². The monoisotopic (exact) mass is 670 g/mol. The standard InChI is InChI=1S/C33H39BrN2O6S/c1-5-7-18-33(6-2)21-36(25-16-12-9-13-17-25)27-19-26(34)28(20-29(27)43(39,40)22-33)42-23(3)31(37)35-30(32(38)41-4)24-14-10-8-11-15-24/h8-17,19-20,23,30H,5-7,18,21-22H2,1-4H3,(H,35,37)/t23?,30-,33?/m1/s1. The molecule has 1 aliphatic rings. The zero-order valence-electron chi connectivity index (χ0n) is 25.0. The number of para-hydroxylation sites is 1. The summed E-state index contributed by atoms with van der Waals surface area (Å²) in [5.74, 6) is -0.946. The first-order valence-corrected chi connectivity index (χ1v) is 17.0. The molecular weight excluding hydrogens is 632 g/mol. The number of ether oxygens (including phenoxy) is 2. The van der Waals surface area contributed by atoms with Crippen LogP contribution in [-0.2, 0) is 24.2 Å². The second-order valence-electron chi connectivity index (χ2n) is 11.0. The van der Waals surface area contributed by atoms with Gasteiger partial charge in [0.2, 0.25) is 0 Å². The highest BCUT2D eigenvalue weighted by Crippen LogP contribution is 2.47. The number of nitrogens with one attached hydrogen (secondary N) is 1. The number of hydrogen-bond donors (Lipinski definition) is 1. The predicted molar refractivity (Wildman–Crippen MR) is 171 cm³/mol. The number of esters is 1. The minimum atomic E-state index is -3.74. The molecule has 1 amide bonds. The van der Waals surface area contributed by atoms with E-state index in [1.54, 1.807) is 37.3 Å². The molecular formula is C33H39BrN2O6S. The second-order valence-corrected chi connectivity index (χ2v) is 13.8. The van der Waals surface area contributed by atoms with Gasteiger partial charge < -0.3 is 19.7 Å². The molecule has 0 fully saturated rings. The number of rotatable bonds is 11. The first-order chi connectivity index (χ1) is 20.5. The topological polar surface area (TPSA) is 102 Å². The largest absolute Gasteiger partial charge is 0.480 e. The number of hydrogen-bond acceptors (Lipinski definition) is 7. The van der Waals surface area contributed by atoms with E-state index in [1.165, 1.54) is 13.2 Å². The van der Waals surface area contributed by atoms with Crippen molar-refractivity contribution >= 4 is 49.0 Å². The van der Waals surface area contributed by atoms with Crippen molar-refractivity contribution in [3.05, 3.63) is 82.8 Å². The fourth-order valence-electron chi connectivity index (χ4n) is 5.50. The van der Waals surface area contributed by atoms with Crippen LogP contribution in [0.1, 0.15) is 58.1 Å². The fraction of sp³-hybridized carbons (Fsp3) is 0.394. The summed E-state index contributed by atoms with van der Waals surface area (Å²) in [5, 5.41) is 2.70. The van der Waals surface area contributed by atoms with Crippen LogP contribution in [0.5, 0.6) is 5.75 Å². The molecule has 2 unspecified atom stereocenters. The maximum atomic E-state index is 14.1. The van der Waals surface area contributed by atoms with Gasteiger partial charge in [-0.1, -0.05) is 75.2 Å². The molecule has 0 bridgehead atoms. The molecule has 3 aromatic carbocycles. The smallest absolute Gasteiger partial charge is 0.333 e. The number of benzene rings is 3. The van der Waals surface area contributed by atoms with Crippen LogP contribution >= 0.6 is 15.9 Å². The van der Waals surface area contributed by atoms with Crippen molar-refractivity contribution in [3.63, 3.8) is 0 Å². The molecule has 1 N–H and O–H groups in total. The number of carbonyl (C=O) groups excluding carboxylic acids is 2. The molecule has 0 saturated carbocycles. The highest BCUT2D eigenvalue weighted by atomic mass is 79.9. The van der Waals surface area contributed by atoms with Gasteiger partial charge in [0.15, 0.2) is 22.0 Å². The van der Waals surface area contributed by atoms with Crippen LogP contribution < -0.4 is 15.0 Å². The van der Waals surface area contributed by atoms with Crippen LogP contribution in [0.4, 0.5) is 11.4 Å². The Kier molecular flexibility index (Phi) is 10.6. The number of halogens is 1. The number of nitrogens with zero attached hydrogens (tertiary/aromatic N) is 1. The van der Waals surface area contributed by atoms with Crippen molar-refractivity contribution in [1.82, 2.24) is 5.32 Å². The van der Waals surface area contributed by atoms with E-state index in [0.717, 1.165) is 24.9 Å². The van der Waals surface area contributed by atoms with Gasteiger partial charge in [0.1, 0.15) is 5.75 Å². The molecule has 0 spiro atoms. The summed E-state index contributed by atoms with van der Waals surface area (Å²) in [6, 6.07) is 20.8. The summed E-state index contributed by atoms with van der Waals surface area (Å²) in [7, 11) is -2.48. The fourth-order valence-corrected chi connectivity index (χ4v) is 8.10. The van der Waals surface area contributed by atoms with Gasteiger partial charge >= 0.3 is 5.97 Å². The third-order valence-corrected chi connectivity index (χ3v) is 10.6. The zero-order valence-corrected chi connectivity index (χ0v) is 27.4. The lowest BCUT2D eigenvalue weighted by molar-refractivity contribution is -0.146. The Hall–Kier alpha value is -3.37. The molecule has 1 heterocycles. The van der Waals surface area contributed by atoms with Crippen LogP contribution in [0.25, 0.3) is 0 Å². The van der Waals surface area contributed by atoms with Crippen molar-refractivity contribution in [3.8, 4) is 5.75 Å². The Balaban J connectivity index is 1.70. The number of carbonyl (C=O) groups is 2. The van der Waals surface area contributed by atoms with Crippen molar-refractivity contribution in [2.24, 2.45) is 5.41 Å². The van der Waals surface area contributed by atoms with Gasteiger partial charge in [0.05, 0.1) is 27.9 Å². The van der Waals surface area contributed by atoms with Gasteiger partial charge in [0.25, 0.3) is 5.91 Å². The van der Waals surface area contributed by atoms with Crippen molar-refractivity contribution < 1.29 is 27.5 Å². The van der Waals surface area contributed by atoms with Gasteiger partial charge in [-0.3, -0.25) is 4.79 Å². The first-order valence-electron chi connectivity index (χ1n) is 14.5. The summed E-state index contributed by atoms with van der Waals surface area (Å²) in [6.45, 7) is 6.28. The number of fused-ring (bicyclic) bond motifs is 1. The minimum absolute atomic E-state index is 0.0157. The van der Waals surface area contributed by atoms with E-state index in [0.29, 0.717) is 28.7 Å². The lowest BCUT2D eigenvalue weighted by Gasteiger charge is -2.36. The molecule has 43 heavy (non-hydrogen) atoms. The van der Waals surface area contributed by atoms with E-state index in [2.05, 4.69) is 40.0 Å². The van der Waals surface area contributed by atoms with Crippen LogP contribution in [-0.4, -0.2) is 45.8 Å². The molecule has 4 rings (SSSR count).